The number of benzene rings is 2. The molecule has 1 amide bonds. The number of quaternary nitrogens is 1. The van der Waals surface area contributed by atoms with Crippen molar-refractivity contribution in [3.63, 3.8) is 0 Å². The maximum atomic E-state index is 12.7. The molecule has 2 N–H and O–H groups in total. The maximum Gasteiger partial charge on any atom is 0.514 e. The van der Waals surface area contributed by atoms with Crippen molar-refractivity contribution < 1.29 is 33.8 Å². The Morgan fingerprint density at radius 3 is 2.11 bits per heavy atom. The third kappa shape index (κ3) is 5.69. The minimum absolute atomic E-state index is 0.0298. The van der Waals surface area contributed by atoms with Crippen LogP contribution in [-0.4, -0.2) is 58.6 Å². The lowest BCUT2D eigenvalue weighted by Gasteiger charge is -2.53. The number of hydrogen-bond acceptors (Lipinski definition) is 4. The van der Waals surface area contributed by atoms with Gasteiger partial charge in [0.05, 0.1) is 16.6 Å². The van der Waals surface area contributed by atoms with Gasteiger partial charge in [-0.05, 0) is 69.5 Å². The number of halogens is 2. The van der Waals surface area contributed by atoms with E-state index in [1.807, 2.05) is 46.8 Å². The molecule has 0 saturated carbocycles. The summed E-state index contributed by atoms with van der Waals surface area (Å²) in [5.41, 5.74) is -0.0348. The number of carbonyl (C=O) groups is 2. The highest BCUT2D eigenvalue weighted by Crippen LogP contribution is 2.50. The average molecular weight is 554 g/mol. The molecule has 1 fully saturated rings. The summed E-state index contributed by atoms with van der Waals surface area (Å²) < 4.78 is 11.2. The van der Waals surface area contributed by atoms with Crippen LogP contribution in [-0.2, 0) is 4.79 Å². The molecule has 7 nitrogen and oxygen atoms in total. The lowest BCUT2D eigenvalue weighted by molar-refractivity contribution is -0.914. The molecule has 2 aromatic carbocycles. The van der Waals surface area contributed by atoms with Crippen molar-refractivity contribution in [2.45, 2.75) is 58.9 Å². The minimum Gasteiger partial charge on any atom is -0.490 e. The maximum absolute atomic E-state index is 12.7. The predicted molar refractivity (Wildman–Crippen MR) is 144 cm³/mol. The third-order valence-corrected chi connectivity index (χ3v) is 8.31. The zero-order valence-corrected chi connectivity index (χ0v) is 23.5. The molecule has 0 bridgehead atoms. The van der Waals surface area contributed by atoms with Gasteiger partial charge in [0.25, 0.3) is 0 Å². The number of piperidine rings is 1. The largest absolute Gasteiger partial charge is 0.514 e. The van der Waals surface area contributed by atoms with Crippen molar-refractivity contribution in [3.8, 4) is 11.5 Å². The average Bonchev–Trinajstić information content (AvgIpc) is 2.82. The van der Waals surface area contributed by atoms with Crippen LogP contribution in [0.2, 0.25) is 10.0 Å². The lowest BCUT2D eigenvalue weighted by atomic mass is 9.64. The molecule has 3 atom stereocenters. The first kappa shape index (κ1) is 29.1. The van der Waals surface area contributed by atoms with Crippen LogP contribution in [0.3, 0.4) is 0 Å². The Morgan fingerprint density at radius 1 is 1.05 bits per heavy atom. The van der Waals surface area contributed by atoms with Crippen LogP contribution in [0.25, 0.3) is 0 Å². The molecule has 1 aliphatic rings. The van der Waals surface area contributed by atoms with E-state index < -0.39 is 23.0 Å². The molecule has 1 heterocycles. The SMILES string of the molecule is CCC1(C(=O)O)C[N+](C(=O)O)(C(C)(C)C)CCC1c1ccc(OCCOc2c(Cl)cc(C)cc2Cl)cc1. The third-order valence-electron chi connectivity index (χ3n) is 7.75. The van der Waals surface area contributed by atoms with E-state index in [4.69, 9.17) is 32.7 Å². The van der Waals surface area contributed by atoms with E-state index in [0.29, 0.717) is 40.9 Å². The van der Waals surface area contributed by atoms with Gasteiger partial charge >= 0.3 is 12.1 Å². The van der Waals surface area contributed by atoms with E-state index in [1.54, 1.807) is 24.3 Å². The van der Waals surface area contributed by atoms with Gasteiger partial charge in [-0.15, -0.1) is 0 Å². The second-order valence-corrected chi connectivity index (χ2v) is 11.6. The fourth-order valence-corrected chi connectivity index (χ4v) is 6.16. The summed E-state index contributed by atoms with van der Waals surface area (Å²) in [6.07, 6.45) is -0.199. The van der Waals surface area contributed by atoms with E-state index >= 15 is 0 Å². The number of amides is 1. The van der Waals surface area contributed by atoms with E-state index in [0.717, 1.165) is 11.1 Å². The molecule has 0 aliphatic carbocycles. The summed E-state index contributed by atoms with van der Waals surface area (Å²) in [6, 6.07) is 10.9. The summed E-state index contributed by atoms with van der Waals surface area (Å²) in [6.45, 7) is 10.2. The number of rotatable bonds is 8. The fourth-order valence-electron chi connectivity index (χ4n) is 5.46. The molecule has 3 unspecified atom stereocenters. The zero-order valence-electron chi connectivity index (χ0n) is 22.0. The number of likely N-dealkylation sites (tertiary alicyclic amines) is 1. The second kappa shape index (κ2) is 11.1. The van der Waals surface area contributed by atoms with Crippen molar-refractivity contribution >= 4 is 35.3 Å². The van der Waals surface area contributed by atoms with Crippen molar-refractivity contribution in [2.75, 3.05) is 26.3 Å². The lowest BCUT2D eigenvalue weighted by Crippen LogP contribution is -2.71. The van der Waals surface area contributed by atoms with Crippen LogP contribution in [0.15, 0.2) is 36.4 Å². The molecular formula is C28H36Cl2NO6+. The number of aliphatic carboxylic acids is 1. The topological polar surface area (TPSA) is 93.1 Å². The van der Waals surface area contributed by atoms with Gasteiger partial charge in [0.1, 0.15) is 36.5 Å². The van der Waals surface area contributed by atoms with Gasteiger partial charge in [-0.3, -0.25) is 4.79 Å². The number of hydrogen-bond donors (Lipinski definition) is 2. The number of carboxylic acids is 1. The van der Waals surface area contributed by atoms with Crippen LogP contribution < -0.4 is 9.47 Å². The Morgan fingerprint density at radius 2 is 1.62 bits per heavy atom. The van der Waals surface area contributed by atoms with Gasteiger partial charge in [-0.2, -0.15) is 4.79 Å². The van der Waals surface area contributed by atoms with Gasteiger partial charge in [-0.1, -0.05) is 42.3 Å². The van der Waals surface area contributed by atoms with Gasteiger partial charge in [0, 0.05) is 12.3 Å². The Labute approximate surface area is 228 Å². The number of aryl methyl sites for hydroxylation is 1. The van der Waals surface area contributed by atoms with E-state index in [1.165, 1.54) is 0 Å². The van der Waals surface area contributed by atoms with E-state index in [-0.39, 0.29) is 30.2 Å². The Hall–Kier alpha value is -2.48. The first-order chi connectivity index (χ1) is 17.3. The highest BCUT2D eigenvalue weighted by molar-refractivity contribution is 6.37. The van der Waals surface area contributed by atoms with Crippen LogP contribution in [0.4, 0.5) is 4.79 Å². The molecule has 202 valence electrons. The van der Waals surface area contributed by atoms with Crippen molar-refractivity contribution in [1.82, 2.24) is 0 Å². The summed E-state index contributed by atoms with van der Waals surface area (Å²) in [7, 11) is 0. The predicted octanol–water partition coefficient (Wildman–Crippen LogP) is 7.02. The summed E-state index contributed by atoms with van der Waals surface area (Å²) in [4.78, 5) is 25.1. The first-order valence-electron chi connectivity index (χ1n) is 12.4. The highest BCUT2D eigenvalue weighted by atomic mass is 35.5. The minimum atomic E-state index is -1.20. The standard InChI is InChI=1S/C28H35Cl2NO6/c1-6-28(25(32)33)17-31(26(34)35,27(3,4)5)12-11-21(28)19-7-9-20(10-8-19)36-13-14-37-24-22(29)15-18(2)16-23(24)30/h7-10,15-16,21H,6,11-14,17H2,1-5H3,(H-,32,33,34,35)/p+1. The second-order valence-electron chi connectivity index (χ2n) is 10.8. The summed E-state index contributed by atoms with van der Waals surface area (Å²) >= 11 is 12.4. The quantitative estimate of drug-likeness (QED) is 0.270. The van der Waals surface area contributed by atoms with Gasteiger partial charge in [0.15, 0.2) is 5.75 Å². The molecule has 0 aromatic heterocycles. The molecule has 1 aliphatic heterocycles. The van der Waals surface area contributed by atoms with Crippen molar-refractivity contribution in [1.29, 1.82) is 0 Å². The highest BCUT2D eigenvalue weighted by Gasteiger charge is 2.61. The Kier molecular flexibility index (Phi) is 8.72. The van der Waals surface area contributed by atoms with Crippen LogP contribution in [0.1, 0.15) is 57.6 Å². The molecular weight excluding hydrogens is 517 g/mol. The normalized spacial score (nSPS) is 23.9. The summed E-state index contributed by atoms with van der Waals surface area (Å²) in [5, 5.41) is 21.5. The molecule has 9 heteroatoms. The Bertz CT molecular complexity index is 1120. The van der Waals surface area contributed by atoms with Gasteiger partial charge in [-0.25, -0.2) is 4.48 Å². The molecule has 3 rings (SSSR count). The van der Waals surface area contributed by atoms with Crippen molar-refractivity contribution in [3.05, 3.63) is 57.6 Å². The smallest absolute Gasteiger partial charge is 0.490 e. The zero-order chi connectivity index (χ0) is 27.6. The van der Waals surface area contributed by atoms with E-state index in [2.05, 4.69) is 0 Å². The molecule has 2 aromatic rings. The first-order valence-corrected chi connectivity index (χ1v) is 13.2. The van der Waals surface area contributed by atoms with Crippen LogP contribution >= 0.6 is 23.2 Å². The van der Waals surface area contributed by atoms with Crippen molar-refractivity contribution in [2.24, 2.45) is 5.41 Å². The number of ether oxygens (including phenoxy) is 2. The van der Waals surface area contributed by atoms with E-state index in [9.17, 15) is 19.8 Å². The summed E-state index contributed by atoms with van der Waals surface area (Å²) in [5.74, 6) is -0.238. The van der Waals surface area contributed by atoms with Crippen LogP contribution in [0.5, 0.6) is 11.5 Å². The Balaban J connectivity index is 1.73. The van der Waals surface area contributed by atoms with Gasteiger partial charge in [0.2, 0.25) is 0 Å². The molecule has 37 heavy (non-hydrogen) atoms. The van der Waals surface area contributed by atoms with Crippen LogP contribution in [0, 0.1) is 12.3 Å². The molecule has 0 radical (unpaired) electrons. The van der Waals surface area contributed by atoms with Gasteiger partial charge < -0.3 is 19.7 Å². The number of nitrogens with zero attached hydrogens (tertiary/aromatic N) is 1. The number of carboxylic acid groups (broad SMARTS) is 2. The molecule has 0 spiro atoms. The molecule has 1 saturated heterocycles. The fraction of sp³-hybridized carbons (Fsp3) is 0.500. The monoisotopic (exact) mass is 552 g/mol.